The molecule has 0 bridgehead atoms. The predicted molar refractivity (Wildman–Crippen MR) is 86.9 cm³/mol. The molecule has 0 aliphatic heterocycles. The van der Waals surface area contributed by atoms with Crippen LogP contribution in [0.5, 0.6) is 0 Å². The predicted octanol–water partition coefficient (Wildman–Crippen LogP) is 2.56. The lowest BCUT2D eigenvalue weighted by Crippen LogP contribution is -2.41. The normalized spacial score (nSPS) is 12.4. The highest BCUT2D eigenvalue weighted by Crippen LogP contribution is 2.28. The Bertz CT molecular complexity index is 730. The van der Waals surface area contributed by atoms with Crippen LogP contribution in [0.25, 0.3) is 0 Å². The Labute approximate surface area is 136 Å². The van der Waals surface area contributed by atoms with E-state index in [0.717, 1.165) is 0 Å². The van der Waals surface area contributed by atoms with Crippen molar-refractivity contribution >= 4 is 43.1 Å². The van der Waals surface area contributed by atoms with Crippen molar-refractivity contribution in [1.82, 2.24) is 14.7 Å². The highest BCUT2D eigenvalue weighted by Gasteiger charge is 2.31. The molecule has 2 heterocycles. The van der Waals surface area contributed by atoms with Crippen LogP contribution in [0, 0.1) is 0 Å². The average molecular weight is 391 g/mol. The second-order valence-electron chi connectivity index (χ2n) is 4.82. The Morgan fingerprint density at radius 3 is 2.62 bits per heavy atom. The van der Waals surface area contributed by atoms with Gasteiger partial charge in [-0.2, -0.15) is 4.72 Å². The number of rotatable bonds is 5. The summed E-state index contributed by atoms with van der Waals surface area (Å²) in [7, 11) is -2.12. The topological polar surface area (TPSA) is 84.0 Å². The van der Waals surface area contributed by atoms with E-state index in [0.29, 0.717) is 15.3 Å². The second kappa shape index (κ2) is 5.99. The molecule has 2 rings (SSSR count). The van der Waals surface area contributed by atoms with E-state index in [2.05, 4.69) is 35.9 Å². The molecule has 9 heteroatoms. The van der Waals surface area contributed by atoms with E-state index < -0.39 is 15.6 Å². The smallest absolute Gasteiger partial charge is 0.245 e. The third kappa shape index (κ3) is 3.60. The highest BCUT2D eigenvalue weighted by molar-refractivity contribution is 9.10. The molecular weight excluding hydrogens is 376 g/mol. The zero-order valence-electron chi connectivity index (χ0n) is 11.7. The van der Waals surface area contributed by atoms with Gasteiger partial charge in [0, 0.05) is 29.3 Å². The minimum atomic E-state index is -3.75. The van der Waals surface area contributed by atoms with Gasteiger partial charge in [-0.3, -0.25) is 0 Å². The molecule has 0 saturated heterocycles. The molecule has 0 aliphatic rings. The summed E-state index contributed by atoms with van der Waals surface area (Å²) in [5.41, 5.74) is -0.805. The maximum absolute atomic E-state index is 12.6. The lowest BCUT2D eigenvalue weighted by Gasteiger charge is -2.24. The molecule has 0 aliphatic carbocycles. The molecular formula is C12H15BrN4O2S2. The van der Waals surface area contributed by atoms with Gasteiger partial charge in [0.05, 0.1) is 5.54 Å². The number of hydrogen-bond acceptors (Lipinski definition) is 6. The number of sulfonamides is 1. The van der Waals surface area contributed by atoms with Gasteiger partial charge in [0.15, 0.2) is 0 Å². The molecule has 0 spiro atoms. The molecule has 0 saturated carbocycles. The Hall–Kier alpha value is -1.03. The van der Waals surface area contributed by atoms with Crippen molar-refractivity contribution in [3.8, 4) is 0 Å². The molecule has 0 radical (unpaired) electrons. The van der Waals surface area contributed by atoms with Gasteiger partial charge >= 0.3 is 0 Å². The van der Waals surface area contributed by atoms with Crippen LogP contribution in [-0.4, -0.2) is 25.4 Å². The number of nitrogens with zero attached hydrogens (tertiary/aromatic N) is 2. The van der Waals surface area contributed by atoms with Crippen molar-refractivity contribution in [2.75, 3.05) is 12.4 Å². The third-order valence-corrected chi connectivity index (χ3v) is 5.90. The number of hydrogen-bond donors (Lipinski definition) is 2. The molecule has 114 valence electrons. The zero-order chi connectivity index (χ0) is 15.7. The van der Waals surface area contributed by atoms with Gasteiger partial charge in [0.25, 0.3) is 0 Å². The van der Waals surface area contributed by atoms with Crippen molar-refractivity contribution in [2.24, 2.45) is 0 Å². The van der Waals surface area contributed by atoms with Crippen molar-refractivity contribution in [3.63, 3.8) is 0 Å². The van der Waals surface area contributed by atoms with Crippen molar-refractivity contribution in [2.45, 2.75) is 24.3 Å². The van der Waals surface area contributed by atoms with Crippen LogP contribution < -0.4 is 10.0 Å². The zero-order valence-corrected chi connectivity index (χ0v) is 14.9. The van der Waals surface area contributed by atoms with Crippen molar-refractivity contribution < 1.29 is 8.42 Å². The van der Waals surface area contributed by atoms with Crippen LogP contribution in [0.1, 0.15) is 18.9 Å². The van der Waals surface area contributed by atoms with Gasteiger partial charge in [0.2, 0.25) is 10.0 Å². The first-order valence-electron chi connectivity index (χ1n) is 6.03. The Kier molecular flexibility index (Phi) is 4.66. The average Bonchev–Trinajstić information content (AvgIpc) is 2.92. The fraction of sp³-hybridized carbons (Fsp3) is 0.333. The Morgan fingerprint density at radius 2 is 2.05 bits per heavy atom. The Balaban J connectivity index is 2.42. The number of pyridine rings is 1. The standard InChI is InChI=1S/C12H15BrN4O2S2/c1-12(2,11-15-4-5-20-11)17-21(18,19)9-6-8(13)7-16-10(9)14-3/h4-7,17H,1-3H3,(H,14,16). The van der Waals surface area contributed by atoms with E-state index in [4.69, 9.17) is 0 Å². The lowest BCUT2D eigenvalue weighted by molar-refractivity contribution is 0.470. The summed E-state index contributed by atoms with van der Waals surface area (Å²) in [6.45, 7) is 3.54. The van der Waals surface area contributed by atoms with Gasteiger partial charge in [-0.05, 0) is 35.8 Å². The molecule has 2 N–H and O–H groups in total. The van der Waals surface area contributed by atoms with Crippen LogP contribution >= 0.6 is 27.3 Å². The molecule has 2 aromatic rings. The van der Waals surface area contributed by atoms with Gasteiger partial charge in [-0.1, -0.05) is 0 Å². The van der Waals surface area contributed by atoms with Gasteiger partial charge in [0.1, 0.15) is 15.7 Å². The minimum absolute atomic E-state index is 0.0870. The van der Waals surface area contributed by atoms with E-state index in [1.54, 1.807) is 27.1 Å². The maximum Gasteiger partial charge on any atom is 0.245 e. The first-order chi connectivity index (χ1) is 9.76. The molecule has 2 aromatic heterocycles. The maximum atomic E-state index is 12.6. The summed E-state index contributed by atoms with van der Waals surface area (Å²) in [5, 5.41) is 5.29. The second-order valence-corrected chi connectivity index (χ2v) is 8.28. The van der Waals surface area contributed by atoms with E-state index >= 15 is 0 Å². The quantitative estimate of drug-likeness (QED) is 0.819. The van der Waals surface area contributed by atoms with E-state index in [9.17, 15) is 8.42 Å². The van der Waals surface area contributed by atoms with Crippen molar-refractivity contribution in [3.05, 3.63) is 33.3 Å². The summed E-state index contributed by atoms with van der Waals surface area (Å²) in [5.74, 6) is 0.292. The molecule has 21 heavy (non-hydrogen) atoms. The fourth-order valence-electron chi connectivity index (χ4n) is 1.78. The number of thiazole rings is 1. The molecule has 0 aromatic carbocycles. The molecule has 0 amide bonds. The summed E-state index contributed by atoms with van der Waals surface area (Å²) in [4.78, 5) is 8.33. The van der Waals surface area contributed by atoms with E-state index in [1.807, 2.05) is 5.38 Å². The van der Waals surface area contributed by atoms with Gasteiger partial charge < -0.3 is 5.32 Å². The van der Waals surface area contributed by atoms with Crippen LogP contribution in [0.4, 0.5) is 5.82 Å². The molecule has 0 unspecified atom stereocenters. The van der Waals surface area contributed by atoms with Crippen LogP contribution in [0.2, 0.25) is 0 Å². The van der Waals surface area contributed by atoms with Crippen molar-refractivity contribution in [1.29, 1.82) is 0 Å². The summed E-state index contributed by atoms with van der Waals surface area (Å²) < 4.78 is 28.5. The fourth-order valence-corrected chi connectivity index (χ4v) is 4.62. The number of aromatic nitrogens is 2. The summed E-state index contributed by atoms with van der Waals surface area (Å²) >= 11 is 4.64. The molecule has 6 nitrogen and oxygen atoms in total. The largest absolute Gasteiger partial charge is 0.372 e. The Morgan fingerprint density at radius 1 is 1.33 bits per heavy atom. The van der Waals surface area contributed by atoms with Crippen LogP contribution in [-0.2, 0) is 15.6 Å². The molecule has 0 fully saturated rings. The van der Waals surface area contributed by atoms with Gasteiger partial charge in [-0.15, -0.1) is 11.3 Å². The van der Waals surface area contributed by atoms with Crippen LogP contribution in [0.15, 0.2) is 33.2 Å². The van der Waals surface area contributed by atoms with Gasteiger partial charge in [-0.25, -0.2) is 18.4 Å². The first kappa shape index (κ1) is 16.3. The first-order valence-corrected chi connectivity index (χ1v) is 9.19. The monoisotopic (exact) mass is 390 g/mol. The van der Waals surface area contributed by atoms with E-state index in [1.165, 1.54) is 23.6 Å². The lowest BCUT2D eigenvalue weighted by atomic mass is 10.1. The highest BCUT2D eigenvalue weighted by atomic mass is 79.9. The summed E-state index contributed by atoms with van der Waals surface area (Å²) in [6, 6.07) is 1.51. The SMILES string of the molecule is CNc1ncc(Br)cc1S(=O)(=O)NC(C)(C)c1nccs1. The number of halogens is 1. The molecule has 0 atom stereocenters. The number of anilines is 1. The number of nitrogens with one attached hydrogen (secondary N) is 2. The minimum Gasteiger partial charge on any atom is -0.372 e. The third-order valence-electron chi connectivity index (χ3n) is 2.70. The van der Waals surface area contributed by atoms with E-state index in [-0.39, 0.29) is 4.90 Å². The summed E-state index contributed by atoms with van der Waals surface area (Å²) in [6.07, 6.45) is 3.19. The van der Waals surface area contributed by atoms with Crippen LogP contribution in [0.3, 0.4) is 0 Å².